The maximum Gasteiger partial charge on any atom is 1.00 e. The topological polar surface area (TPSA) is 60.4 Å². The Bertz CT molecular complexity index is 265. The van der Waals surface area contributed by atoms with E-state index in [0.717, 1.165) is 12.8 Å². The zero-order chi connectivity index (χ0) is 14.5. The van der Waals surface area contributed by atoms with Crippen LogP contribution in [0.3, 0.4) is 0 Å². The summed E-state index contributed by atoms with van der Waals surface area (Å²) in [6, 6.07) is 0. The second-order valence-corrected chi connectivity index (χ2v) is 5.20. The fraction of sp³-hybridized carbons (Fsp3) is 0.867. The number of carbonyl (C=O) groups is 2. The van der Waals surface area contributed by atoms with Gasteiger partial charge in [0.25, 0.3) is 0 Å². The van der Waals surface area contributed by atoms with Crippen molar-refractivity contribution in [3.05, 3.63) is 0 Å². The Morgan fingerprint density at radius 1 is 0.905 bits per heavy atom. The van der Waals surface area contributed by atoms with Gasteiger partial charge in [0.05, 0.1) is 12.5 Å². The molecule has 6 heteroatoms. The van der Waals surface area contributed by atoms with E-state index >= 15 is 0 Å². The number of likely N-dealkylation sites (N-methyl/N-ethyl adjacent to an activating group) is 1. The van der Waals surface area contributed by atoms with Gasteiger partial charge in [0.2, 0.25) is 5.91 Å². The molecule has 0 aliphatic heterocycles. The number of nitrogens with zero attached hydrogens (tertiary/aromatic N) is 1. The molecule has 0 bridgehead atoms. The van der Waals surface area contributed by atoms with E-state index in [1.807, 2.05) is 0 Å². The molecule has 0 aliphatic carbocycles. The summed E-state index contributed by atoms with van der Waals surface area (Å²) in [4.78, 5) is 23.1. The van der Waals surface area contributed by atoms with Gasteiger partial charge >= 0.3 is 29.6 Å². The molecule has 0 saturated heterocycles. The van der Waals surface area contributed by atoms with Crippen LogP contribution in [0.2, 0.25) is 0 Å². The van der Waals surface area contributed by atoms with E-state index in [9.17, 15) is 14.7 Å². The number of carboxylic acids is 1. The molecule has 0 atom stereocenters. The third-order valence-electron chi connectivity index (χ3n) is 3.29. The van der Waals surface area contributed by atoms with Crippen LogP contribution in [0.4, 0.5) is 0 Å². The van der Waals surface area contributed by atoms with Crippen LogP contribution in [0.25, 0.3) is 0 Å². The Morgan fingerprint density at radius 3 is 1.76 bits per heavy atom. The number of unbranched alkanes of at least 4 members (excludes halogenated alkanes) is 8. The number of hydrogen-bond acceptors (Lipinski definition) is 3. The molecule has 4 nitrogen and oxygen atoms in total. The van der Waals surface area contributed by atoms with Crippen molar-refractivity contribution in [2.24, 2.45) is 0 Å². The monoisotopic (exact) mass is 329 g/mol. The second-order valence-electron chi connectivity index (χ2n) is 5.20. The molecule has 0 N–H and O–H groups in total. The summed E-state index contributed by atoms with van der Waals surface area (Å²) < 4.78 is 0. The average Bonchev–Trinajstić information content (AvgIpc) is 2.35. The predicted octanol–water partition coefficient (Wildman–Crippen LogP) is -0.459. The van der Waals surface area contributed by atoms with Crippen molar-refractivity contribution in [2.45, 2.75) is 71.1 Å². The average molecular weight is 330 g/mol. The van der Waals surface area contributed by atoms with Gasteiger partial charge in [-0.25, -0.2) is 0 Å². The Kier molecular flexibility index (Phi) is 22.8. The number of aliphatic carboxylic acids is 1. The van der Waals surface area contributed by atoms with E-state index < -0.39 is 5.97 Å². The summed E-state index contributed by atoms with van der Waals surface area (Å²) in [5.41, 5.74) is 0. The summed E-state index contributed by atoms with van der Waals surface area (Å²) in [6.45, 7) is 1.91. The van der Waals surface area contributed by atoms with Crippen LogP contribution in [0.15, 0.2) is 0 Å². The number of amides is 1. The molecule has 0 heterocycles. The smallest absolute Gasteiger partial charge is 0.548 e. The van der Waals surface area contributed by atoms with E-state index in [4.69, 9.17) is 0 Å². The van der Waals surface area contributed by atoms with Crippen LogP contribution in [-0.4, -0.2) is 30.4 Å². The molecule has 21 heavy (non-hydrogen) atoms. The van der Waals surface area contributed by atoms with Crippen molar-refractivity contribution in [2.75, 3.05) is 13.6 Å². The van der Waals surface area contributed by atoms with E-state index in [-0.39, 0.29) is 54.4 Å². The Labute approximate surface area is 157 Å². The molecule has 0 spiro atoms. The number of carboxylic acid groups (broad SMARTS) is 1. The summed E-state index contributed by atoms with van der Waals surface area (Å²) in [5, 5.41) is 10.3. The molecule has 0 fully saturated rings. The first-order valence-corrected chi connectivity index (χ1v) is 7.51. The SMILES string of the molecule is CCCCCCCCCCCC(=O)N(C)CC(=O)[O-].Cl.[Na+]. The first-order valence-electron chi connectivity index (χ1n) is 7.51. The van der Waals surface area contributed by atoms with Crippen molar-refractivity contribution in [1.29, 1.82) is 0 Å². The summed E-state index contributed by atoms with van der Waals surface area (Å²) in [7, 11) is 1.51. The number of rotatable bonds is 12. The predicted molar refractivity (Wildman–Crippen MR) is 81.7 cm³/mol. The summed E-state index contributed by atoms with van der Waals surface area (Å²) in [5.74, 6) is -1.31. The Balaban J connectivity index is -0.00000162. The van der Waals surface area contributed by atoms with Gasteiger partial charge in [-0.1, -0.05) is 58.3 Å². The third-order valence-corrected chi connectivity index (χ3v) is 3.29. The molecular weight excluding hydrogens is 301 g/mol. The fourth-order valence-electron chi connectivity index (χ4n) is 2.06. The second kappa shape index (κ2) is 18.3. The van der Waals surface area contributed by atoms with E-state index in [1.165, 1.54) is 56.9 Å². The molecule has 0 radical (unpaired) electrons. The quantitative estimate of drug-likeness (QED) is 0.360. The van der Waals surface area contributed by atoms with Crippen molar-refractivity contribution < 1.29 is 44.3 Å². The van der Waals surface area contributed by atoms with E-state index in [1.54, 1.807) is 0 Å². The minimum atomic E-state index is -1.21. The van der Waals surface area contributed by atoms with Gasteiger partial charge < -0.3 is 14.8 Å². The van der Waals surface area contributed by atoms with Gasteiger partial charge in [-0.05, 0) is 6.42 Å². The van der Waals surface area contributed by atoms with Gasteiger partial charge in [-0.15, -0.1) is 12.4 Å². The zero-order valence-electron chi connectivity index (χ0n) is 13.9. The molecule has 0 rings (SSSR count). The molecule has 0 unspecified atom stereocenters. The molecule has 0 aliphatic rings. The van der Waals surface area contributed by atoms with Crippen molar-refractivity contribution in [3.63, 3.8) is 0 Å². The van der Waals surface area contributed by atoms with E-state index in [2.05, 4.69) is 6.92 Å². The molecule has 0 saturated carbocycles. The molecule has 0 aromatic carbocycles. The van der Waals surface area contributed by atoms with Crippen molar-refractivity contribution in [1.82, 2.24) is 4.90 Å². The van der Waals surface area contributed by atoms with Crippen LogP contribution < -0.4 is 34.7 Å². The number of halogens is 1. The normalized spacial score (nSPS) is 9.43. The minimum absolute atomic E-state index is 0. The minimum Gasteiger partial charge on any atom is -0.548 e. The maximum absolute atomic E-state index is 11.5. The Hall–Kier alpha value is 0.230. The standard InChI is InChI=1S/C15H29NO3.ClH.Na/c1-3-4-5-6-7-8-9-10-11-12-14(17)16(2)13-15(18)19;;/h3-13H2,1-2H3,(H,18,19);1H;/q;;+1/p-1. The van der Waals surface area contributed by atoms with Gasteiger partial charge in [0, 0.05) is 13.5 Å². The van der Waals surface area contributed by atoms with Crippen LogP contribution in [0, 0.1) is 0 Å². The number of carbonyl (C=O) groups excluding carboxylic acids is 2. The van der Waals surface area contributed by atoms with E-state index in [0.29, 0.717) is 6.42 Å². The molecule has 0 aromatic rings. The molecular formula is C15H29ClNNaO3. The van der Waals surface area contributed by atoms with Gasteiger partial charge in [0.1, 0.15) is 0 Å². The van der Waals surface area contributed by atoms with Gasteiger partial charge in [0.15, 0.2) is 0 Å². The first kappa shape index (κ1) is 26.1. The largest absolute Gasteiger partial charge is 1.00 e. The van der Waals surface area contributed by atoms with Gasteiger partial charge in [-0.3, -0.25) is 4.79 Å². The zero-order valence-corrected chi connectivity index (χ0v) is 16.7. The fourth-order valence-corrected chi connectivity index (χ4v) is 2.06. The molecule has 1 amide bonds. The summed E-state index contributed by atoms with van der Waals surface area (Å²) >= 11 is 0. The number of hydrogen-bond donors (Lipinski definition) is 0. The van der Waals surface area contributed by atoms with Crippen molar-refractivity contribution >= 4 is 24.3 Å². The molecule has 120 valence electrons. The van der Waals surface area contributed by atoms with Crippen LogP contribution >= 0.6 is 12.4 Å². The van der Waals surface area contributed by atoms with Crippen LogP contribution in [0.1, 0.15) is 71.1 Å². The Morgan fingerprint density at radius 2 is 1.33 bits per heavy atom. The van der Waals surface area contributed by atoms with Crippen LogP contribution in [0.5, 0.6) is 0 Å². The molecule has 0 aromatic heterocycles. The first-order chi connectivity index (χ1) is 9.07. The van der Waals surface area contributed by atoms with Crippen LogP contribution in [-0.2, 0) is 9.59 Å². The van der Waals surface area contributed by atoms with Gasteiger partial charge in [-0.2, -0.15) is 0 Å². The van der Waals surface area contributed by atoms with Crippen molar-refractivity contribution in [3.8, 4) is 0 Å². The summed E-state index contributed by atoms with van der Waals surface area (Å²) in [6.07, 6.45) is 11.3. The third kappa shape index (κ3) is 18.2. The maximum atomic E-state index is 11.5.